The van der Waals surface area contributed by atoms with Crippen LogP contribution < -0.4 is 15.4 Å². The molecule has 116 valence electrons. The number of amides is 1. The third-order valence-electron chi connectivity index (χ3n) is 4.48. The van der Waals surface area contributed by atoms with Gasteiger partial charge in [-0.3, -0.25) is 4.79 Å². The fraction of sp³-hybridized carbons (Fsp3) is 0.588. The van der Waals surface area contributed by atoms with E-state index in [9.17, 15) is 4.79 Å². The Morgan fingerprint density at radius 2 is 2.00 bits per heavy atom. The molecule has 1 aliphatic rings. The smallest absolute Gasteiger partial charge is 0.221 e. The Balaban J connectivity index is 2.11. The van der Waals surface area contributed by atoms with Gasteiger partial charge in [-0.2, -0.15) is 0 Å². The predicted octanol–water partition coefficient (Wildman–Crippen LogP) is 3.89. The first-order chi connectivity index (χ1) is 9.99. The first-order valence-corrected chi connectivity index (χ1v) is 7.71. The molecule has 0 heterocycles. The van der Waals surface area contributed by atoms with Crippen LogP contribution in [0, 0.1) is 11.8 Å². The van der Waals surface area contributed by atoms with Crippen LogP contribution in [0.5, 0.6) is 5.75 Å². The summed E-state index contributed by atoms with van der Waals surface area (Å²) in [6, 6.07) is 6.17. The highest BCUT2D eigenvalue weighted by Gasteiger charge is 2.25. The van der Waals surface area contributed by atoms with Gasteiger partial charge in [0.15, 0.2) is 0 Å². The Bertz CT molecular complexity index is 502. The number of ether oxygens (including phenoxy) is 1. The molecule has 1 amide bonds. The van der Waals surface area contributed by atoms with E-state index in [2.05, 4.69) is 24.5 Å². The number of hydrogen-bond acceptors (Lipinski definition) is 3. The molecule has 4 nitrogen and oxygen atoms in total. The summed E-state index contributed by atoms with van der Waals surface area (Å²) in [5.74, 6) is 2.29. The van der Waals surface area contributed by atoms with Crippen LogP contribution in [0.3, 0.4) is 0 Å². The number of hydrogen-bond donors (Lipinski definition) is 2. The molecule has 0 radical (unpaired) electrons. The number of benzene rings is 1. The van der Waals surface area contributed by atoms with E-state index in [-0.39, 0.29) is 5.91 Å². The summed E-state index contributed by atoms with van der Waals surface area (Å²) in [4.78, 5) is 11.2. The molecule has 1 aromatic carbocycles. The van der Waals surface area contributed by atoms with Crippen LogP contribution in [-0.2, 0) is 4.79 Å². The van der Waals surface area contributed by atoms with Gasteiger partial charge in [0, 0.05) is 18.7 Å². The lowest BCUT2D eigenvalue weighted by Gasteiger charge is -2.33. The van der Waals surface area contributed by atoms with Crippen molar-refractivity contribution >= 4 is 17.3 Å². The quantitative estimate of drug-likeness (QED) is 0.884. The standard InChI is InChI=1S/C17H26N2O2/c1-11-5-6-14(9-12(11)2)19-16-10-15(18-13(3)20)7-8-17(16)21-4/h7-8,10-12,14,19H,5-6,9H2,1-4H3,(H,18,20). The van der Waals surface area contributed by atoms with Crippen molar-refractivity contribution < 1.29 is 9.53 Å². The van der Waals surface area contributed by atoms with Gasteiger partial charge in [0.1, 0.15) is 5.75 Å². The van der Waals surface area contributed by atoms with Crippen LogP contribution in [0.2, 0.25) is 0 Å². The molecule has 21 heavy (non-hydrogen) atoms. The van der Waals surface area contributed by atoms with E-state index in [4.69, 9.17) is 4.74 Å². The molecule has 0 aliphatic heterocycles. The van der Waals surface area contributed by atoms with E-state index < -0.39 is 0 Å². The number of carbonyl (C=O) groups is 1. The monoisotopic (exact) mass is 290 g/mol. The fourth-order valence-electron chi connectivity index (χ4n) is 3.00. The molecule has 0 bridgehead atoms. The van der Waals surface area contributed by atoms with Crippen molar-refractivity contribution in [3.63, 3.8) is 0 Å². The van der Waals surface area contributed by atoms with Crippen molar-refractivity contribution in [3.05, 3.63) is 18.2 Å². The normalized spacial score (nSPS) is 25.2. The Kier molecular flexibility index (Phi) is 5.10. The molecular weight excluding hydrogens is 264 g/mol. The van der Waals surface area contributed by atoms with Crippen LogP contribution >= 0.6 is 0 Å². The Hall–Kier alpha value is -1.71. The topological polar surface area (TPSA) is 50.4 Å². The SMILES string of the molecule is COc1ccc(NC(C)=O)cc1NC1CCC(C)C(C)C1. The largest absolute Gasteiger partial charge is 0.495 e. The lowest BCUT2D eigenvalue weighted by molar-refractivity contribution is -0.114. The zero-order valence-corrected chi connectivity index (χ0v) is 13.4. The number of nitrogens with one attached hydrogen (secondary N) is 2. The minimum absolute atomic E-state index is 0.0637. The van der Waals surface area contributed by atoms with Crippen LogP contribution in [-0.4, -0.2) is 19.1 Å². The second kappa shape index (κ2) is 6.83. The summed E-state index contributed by atoms with van der Waals surface area (Å²) in [6.45, 7) is 6.17. The summed E-state index contributed by atoms with van der Waals surface area (Å²) in [6.07, 6.45) is 3.61. The predicted molar refractivity (Wildman–Crippen MR) is 86.9 cm³/mol. The highest BCUT2D eigenvalue weighted by atomic mass is 16.5. The van der Waals surface area contributed by atoms with Gasteiger partial charge in [-0.15, -0.1) is 0 Å². The summed E-state index contributed by atoms with van der Waals surface area (Å²) in [7, 11) is 1.67. The summed E-state index contributed by atoms with van der Waals surface area (Å²) in [5, 5.41) is 6.40. The summed E-state index contributed by atoms with van der Waals surface area (Å²) >= 11 is 0. The van der Waals surface area contributed by atoms with E-state index in [0.29, 0.717) is 6.04 Å². The molecule has 0 spiro atoms. The van der Waals surface area contributed by atoms with Gasteiger partial charge in [-0.25, -0.2) is 0 Å². The van der Waals surface area contributed by atoms with Crippen LogP contribution in [0.25, 0.3) is 0 Å². The van der Waals surface area contributed by atoms with E-state index in [1.807, 2.05) is 18.2 Å². The second-order valence-electron chi connectivity index (χ2n) is 6.21. The molecule has 2 N–H and O–H groups in total. The third kappa shape index (κ3) is 4.13. The fourth-order valence-corrected chi connectivity index (χ4v) is 3.00. The Labute approximate surface area is 127 Å². The minimum Gasteiger partial charge on any atom is -0.495 e. The van der Waals surface area contributed by atoms with Gasteiger partial charge < -0.3 is 15.4 Å². The van der Waals surface area contributed by atoms with Crippen LogP contribution in [0.15, 0.2) is 18.2 Å². The van der Waals surface area contributed by atoms with Gasteiger partial charge in [-0.05, 0) is 49.3 Å². The van der Waals surface area contributed by atoms with Crippen molar-refractivity contribution in [2.75, 3.05) is 17.7 Å². The molecule has 0 saturated heterocycles. The molecule has 0 aromatic heterocycles. The lowest BCUT2D eigenvalue weighted by atomic mass is 9.79. The van der Waals surface area contributed by atoms with Gasteiger partial charge >= 0.3 is 0 Å². The molecule has 1 aromatic rings. The second-order valence-corrected chi connectivity index (χ2v) is 6.21. The molecule has 3 unspecified atom stereocenters. The van der Waals surface area contributed by atoms with Crippen LogP contribution in [0.4, 0.5) is 11.4 Å². The average Bonchev–Trinajstić information content (AvgIpc) is 2.43. The average molecular weight is 290 g/mol. The maximum absolute atomic E-state index is 11.2. The van der Waals surface area contributed by atoms with Gasteiger partial charge in [0.2, 0.25) is 5.91 Å². The highest BCUT2D eigenvalue weighted by Crippen LogP contribution is 2.34. The number of carbonyl (C=O) groups excluding carboxylic acids is 1. The number of anilines is 2. The number of rotatable bonds is 4. The highest BCUT2D eigenvalue weighted by molar-refractivity contribution is 5.89. The summed E-state index contributed by atoms with van der Waals surface area (Å²) < 4.78 is 5.42. The minimum atomic E-state index is -0.0637. The van der Waals surface area contributed by atoms with E-state index in [1.54, 1.807) is 7.11 Å². The Morgan fingerprint density at radius 1 is 1.24 bits per heavy atom. The van der Waals surface area contributed by atoms with Crippen molar-refractivity contribution in [2.24, 2.45) is 11.8 Å². The van der Waals surface area contributed by atoms with Gasteiger partial charge in [0.25, 0.3) is 0 Å². The number of methoxy groups -OCH3 is 1. The third-order valence-corrected chi connectivity index (χ3v) is 4.48. The summed E-state index contributed by atoms with van der Waals surface area (Å²) in [5.41, 5.74) is 1.75. The molecule has 1 fully saturated rings. The maximum Gasteiger partial charge on any atom is 0.221 e. The first-order valence-electron chi connectivity index (χ1n) is 7.71. The van der Waals surface area contributed by atoms with Crippen molar-refractivity contribution in [3.8, 4) is 5.75 Å². The van der Waals surface area contributed by atoms with Crippen molar-refractivity contribution in [1.29, 1.82) is 0 Å². The van der Waals surface area contributed by atoms with Gasteiger partial charge in [-0.1, -0.05) is 13.8 Å². The first kappa shape index (κ1) is 15.7. The maximum atomic E-state index is 11.2. The van der Waals surface area contributed by atoms with Gasteiger partial charge in [0.05, 0.1) is 12.8 Å². The molecular formula is C17H26N2O2. The van der Waals surface area contributed by atoms with Crippen molar-refractivity contribution in [1.82, 2.24) is 0 Å². The van der Waals surface area contributed by atoms with E-state index in [0.717, 1.165) is 29.0 Å². The van der Waals surface area contributed by atoms with E-state index in [1.165, 1.54) is 26.2 Å². The zero-order chi connectivity index (χ0) is 15.4. The van der Waals surface area contributed by atoms with E-state index >= 15 is 0 Å². The van der Waals surface area contributed by atoms with Crippen LogP contribution in [0.1, 0.15) is 40.0 Å². The lowest BCUT2D eigenvalue weighted by Crippen LogP contribution is -2.30. The van der Waals surface area contributed by atoms with Crippen molar-refractivity contribution in [2.45, 2.75) is 46.1 Å². The zero-order valence-electron chi connectivity index (χ0n) is 13.4. The molecule has 2 rings (SSSR count). The molecule has 3 atom stereocenters. The Morgan fingerprint density at radius 3 is 2.62 bits per heavy atom. The molecule has 1 aliphatic carbocycles. The molecule has 4 heteroatoms. The molecule has 1 saturated carbocycles.